The van der Waals surface area contributed by atoms with Gasteiger partial charge >= 0.3 is 0 Å². The van der Waals surface area contributed by atoms with Crippen LogP contribution in [0.3, 0.4) is 0 Å². The van der Waals surface area contributed by atoms with Crippen molar-refractivity contribution in [3.63, 3.8) is 0 Å². The van der Waals surface area contributed by atoms with Crippen molar-refractivity contribution in [2.75, 3.05) is 52.2 Å². The maximum atomic E-state index is 12.8. The van der Waals surface area contributed by atoms with Crippen LogP contribution in [0.15, 0.2) is 34.5 Å². The number of hydrogen-bond acceptors (Lipinski definition) is 11. The molecule has 4 aliphatic rings. The lowest BCUT2D eigenvalue weighted by atomic mass is 10.1. The van der Waals surface area contributed by atoms with Gasteiger partial charge in [0.15, 0.2) is 11.5 Å². The molecule has 3 N–H and O–H groups in total. The molecule has 1 amide bonds. The van der Waals surface area contributed by atoms with Gasteiger partial charge in [0.25, 0.3) is 5.91 Å². The summed E-state index contributed by atoms with van der Waals surface area (Å²) in [4.78, 5) is 34.4. The van der Waals surface area contributed by atoms with Gasteiger partial charge in [0, 0.05) is 44.1 Å². The fraction of sp³-hybridized carbons (Fsp3) is 0.480. The highest BCUT2D eigenvalue weighted by Crippen LogP contribution is 2.43. The molecule has 2 aromatic rings. The standard InChI is InChI=1S/C25H30N8O4/c1-35-21-19(36-10-2-8-32-13-16-3-4-17(14-32)37-16)6-5-18-20(21)30-25(33-9-7-27-22(18)33)31-23(34)15-11-28-24(26)29-12-15/h5-6,11-12,16-17H,2-4,7-10,13-14H2,1H3,(H2,26,28,29)(H,30,31,34). The Morgan fingerprint density at radius 1 is 1.22 bits per heavy atom. The topological polar surface area (TPSA) is 140 Å². The molecule has 1 aromatic heterocycles. The molecule has 12 heteroatoms. The number of guanidine groups is 1. The number of benzene rings is 1. The van der Waals surface area contributed by atoms with E-state index in [1.807, 2.05) is 17.0 Å². The molecule has 0 radical (unpaired) electrons. The minimum atomic E-state index is -0.392. The molecule has 4 aliphatic heterocycles. The third-order valence-electron chi connectivity index (χ3n) is 7.01. The second-order valence-corrected chi connectivity index (χ2v) is 9.49. The van der Waals surface area contributed by atoms with E-state index in [1.54, 1.807) is 7.11 Å². The van der Waals surface area contributed by atoms with E-state index in [1.165, 1.54) is 25.2 Å². The van der Waals surface area contributed by atoms with Crippen LogP contribution in [0.2, 0.25) is 0 Å². The van der Waals surface area contributed by atoms with Crippen LogP contribution in [0.25, 0.3) is 0 Å². The summed E-state index contributed by atoms with van der Waals surface area (Å²) in [5.74, 6) is 1.93. The first-order valence-electron chi connectivity index (χ1n) is 12.6. The number of carbonyl (C=O) groups is 1. The van der Waals surface area contributed by atoms with Crippen molar-refractivity contribution in [3.05, 3.63) is 35.7 Å². The van der Waals surface area contributed by atoms with Crippen molar-refractivity contribution in [1.82, 2.24) is 25.1 Å². The summed E-state index contributed by atoms with van der Waals surface area (Å²) in [7, 11) is 1.59. The van der Waals surface area contributed by atoms with Gasteiger partial charge in [-0.05, 0) is 31.4 Å². The number of nitrogens with zero attached hydrogens (tertiary/aromatic N) is 6. The second kappa shape index (κ2) is 9.94. The third-order valence-corrected chi connectivity index (χ3v) is 7.01. The first-order valence-corrected chi connectivity index (χ1v) is 12.6. The van der Waals surface area contributed by atoms with E-state index in [2.05, 4.69) is 25.2 Å². The van der Waals surface area contributed by atoms with E-state index in [4.69, 9.17) is 24.9 Å². The number of fused-ring (bicyclic) bond motifs is 5. The van der Waals surface area contributed by atoms with Gasteiger partial charge in [0.1, 0.15) is 11.5 Å². The number of nitrogens with one attached hydrogen (secondary N) is 1. The van der Waals surface area contributed by atoms with E-state index in [0.29, 0.717) is 55.1 Å². The molecule has 0 spiro atoms. The molecule has 194 valence electrons. The van der Waals surface area contributed by atoms with Gasteiger partial charge in [-0.25, -0.2) is 15.0 Å². The smallest absolute Gasteiger partial charge is 0.261 e. The van der Waals surface area contributed by atoms with E-state index < -0.39 is 5.91 Å². The Balaban J connectivity index is 1.18. The summed E-state index contributed by atoms with van der Waals surface area (Å²) >= 11 is 0. The maximum Gasteiger partial charge on any atom is 0.261 e. The molecule has 2 unspecified atom stereocenters. The summed E-state index contributed by atoms with van der Waals surface area (Å²) < 4.78 is 17.8. The number of ether oxygens (including phenoxy) is 3. The number of carbonyl (C=O) groups excluding carboxylic acids is 1. The lowest BCUT2D eigenvalue weighted by Gasteiger charge is -2.32. The summed E-state index contributed by atoms with van der Waals surface area (Å²) in [5.41, 5.74) is 7.22. The zero-order valence-corrected chi connectivity index (χ0v) is 20.7. The largest absolute Gasteiger partial charge is 0.491 e. The van der Waals surface area contributed by atoms with Crippen molar-refractivity contribution >= 4 is 29.3 Å². The van der Waals surface area contributed by atoms with Crippen molar-refractivity contribution in [2.45, 2.75) is 31.5 Å². The van der Waals surface area contributed by atoms with Crippen molar-refractivity contribution in [2.24, 2.45) is 9.98 Å². The van der Waals surface area contributed by atoms with Crippen LogP contribution in [-0.4, -0.2) is 96.1 Å². The second-order valence-electron chi connectivity index (χ2n) is 9.49. The Morgan fingerprint density at radius 2 is 2.00 bits per heavy atom. The van der Waals surface area contributed by atoms with Crippen LogP contribution in [-0.2, 0) is 4.74 Å². The number of likely N-dealkylation sites (tertiary alicyclic amines) is 1. The Kier molecular flexibility index (Phi) is 6.35. The zero-order chi connectivity index (χ0) is 25.4. The van der Waals surface area contributed by atoms with Gasteiger partial charge in [-0.3, -0.25) is 24.9 Å². The Labute approximate surface area is 214 Å². The average Bonchev–Trinajstić information content (AvgIpc) is 3.53. The zero-order valence-electron chi connectivity index (χ0n) is 20.7. The van der Waals surface area contributed by atoms with Crippen molar-refractivity contribution in [3.8, 4) is 11.5 Å². The Morgan fingerprint density at radius 3 is 2.76 bits per heavy atom. The molecule has 12 nitrogen and oxygen atoms in total. The highest BCUT2D eigenvalue weighted by molar-refractivity contribution is 6.20. The van der Waals surface area contributed by atoms with Crippen LogP contribution < -0.4 is 20.5 Å². The molecule has 5 heterocycles. The number of morpholine rings is 1. The molecule has 2 bridgehead atoms. The number of anilines is 1. The predicted molar refractivity (Wildman–Crippen MR) is 137 cm³/mol. The Bertz CT molecular complexity index is 1240. The first-order chi connectivity index (χ1) is 18.1. The quantitative estimate of drug-likeness (QED) is 0.530. The summed E-state index contributed by atoms with van der Waals surface area (Å²) in [6.45, 7) is 4.73. The number of nitrogen functional groups attached to an aromatic ring is 1. The average molecular weight is 507 g/mol. The molecule has 0 aliphatic carbocycles. The number of hydrogen-bond donors (Lipinski definition) is 2. The number of aliphatic imine (C=N–C) groups is 2. The number of nitrogens with two attached hydrogens (primary N) is 1. The monoisotopic (exact) mass is 506 g/mol. The summed E-state index contributed by atoms with van der Waals surface area (Å²) in [6.07, 6.45) is 6.77. The SMILES string of the molecule is COc1c(OCCCN2CC3CCC(C2)O3)ccc2c1N=C(NC(=O)c1cnc(N)nc1)N1CCN=C21. The Hall–Kier alpha value is -3.77. The molecular formula is C25H30N8O4. The first kappa shape index (κ1) is 23.6. The number of amidine groups is 1. The minimum Gasteiger partial charge on any atom is -0.491 e. The van der Waals surface area contributed by atoms with E-state index in [-0.39, 0.29) is 11.5 Å². The van der Waals surface area contributed by atoms with Gasteiger partial charge in [0.2, 0.25) is 11.9 Å². The van der Waals surface area contributed by atoms with Gasteiger partial charge in [0.05, 0.1) is 38.0 Å². The highest BCUT2D eigenvalue weighted by Gasteiger charge is 2.34. The minimum absolute atomic E-state index is 0.101. The predicted octanol–water partition coefficient (Wildman–Crippen LogP) is 1.19. The number of methoxy groups -OCH3 is 1. The number of aromatic nitrogens is 2. The molecule has 2 atom stereocenters. The number of rotatable bonds is 7. The van der Waals surface area contributed by atoms with E-state index in [0.717, 1.165) is 37.5 Å². The van der Waals surface area contributed by atoms with Gasteiger partial charge in [-0.1, -0.05) is 0 Å². The lowest BCUT2D eigenvalue weighted by molar-refractivity contribution is -0.0391. The van der Waals surface area contributed by atoms with Gasteiger partial charge < -0.3 is 19.9 Å². The van der Waals surface area contributed by atoms with Crippen LogP contribution in [0.1, 0.15) is 35.2 Å². The highest BCUT2D eigenvalue weighted by atomic mass is 16.5. The van der Waals surface area contributed by atoms with Crippen molar-refractivity contribution in [1.29, 1.82) is 0 Å². The summed E-state index contributed by atoms with van der Waals surface area (Å²) in [6, 6.07) is 3.84. The van der Waals surface area contributed by atoms with Crippen LogP contribution in [0.4, 0.5) is 11.6 Å². The van der Waals surface area contributed by atoms with E-state index in [9.17, 15) is 4.79 Å². The molecule has 0 saturated carbocycles. The lowest BCUT2D eigenvalue weighted by Crippen LogP contribution is -2.47. The molecule has 37 heavy (non-hydrogen) atoms. The van der Waals surface area contributed by atoms with Crippen LogP contribution in [0.5, 0.6) is 11.5 Å². The fourth-order valence-corrected chi connectivity index (χ4v) is 5.28. The number of amides is 1. The maximum absolute atomic E-state index is 12.8. The van der Waals surface area contributed by atoms with Crippen LogP contribution >= 0.6 is 0 Å². The third kappa shape index (κ3) is 4.69. The molecule has 6 rings (SSSR count). The van der Waals surface area contributed by atoms with Gasteiger partial charge in [-0.15, -0.1) is 0 Å². The fourth-order valence-electron chi connectivity index (χ4n) is 5.28. The van der Waals surface area contributed by atoms with Crippen LogP contribution in [0, 0.1) is 0 Å². The van der Waals surface area contributed by atoms with Crippen molar-refractivity contribution < 1.29 is 19.0 Å². The molecular weight excluding hydrogens is 476 g/mol. The van der Waals surface area contributed by atoms with Gasteiger partial charge in [-0.2, -0.15) is 0 Å². The summed E-state index contributed by atoms with van der Waals surface area (Å²) in [5, 5.41) is 2.86. The molecule has 1 aromatic carbocycles. The molecule has 2 fully saturated rings. The molecule has 2 saturated heterocycles. The normalized spacial score (nSPS) is 22.1. The van der Waals surface area contributed by atoms with E-state index >= 15 is 0 Å².